The number of hydrogen-bond acceptors (Lipinski definition) is 5. The summed E-state index contributed by atoms with van der Waals surface area (Å²) < 4.78 is 1.24. The maximum atomic E-state index is 12.5. The molecule has 102 valence electrons. The lowest BCUT2D eigenvalue weighted by Gasteiger charge is -2.22. The van der Waals surface area contributed by atoms with Gasteiger partial charge in [0.25, 0.3) is 5.56 Å². The van der Waals surface area contributed by atoms with E-state index in [-0.39, 0.29) is 24.3 Å². The summed E-state index contributed by atoms with van der Waals surface area (Å²) in [5.41, 5.74) is 6.24. The van der Waals surface area contributed by atoms with Crippen molar-refractivity contribution < 1.29 is 9.59 Å². The minimum absolute atomic E-state index is 0.200. The Morgan fingerprint density at radius 2 is 2.10 bits per heavy atom. The van der Waals surface area contributed by atoms with Crippen LogP contribution in [0.15, 0.2) is 29.3 Å². The Bertz CT molecular complexity index is 781. The average Bonchev–Trinajstić information content (AvgIpc) is 2.40. The van der Waals surface area contributed by atoms with E-state index in [0.29, 0.717) is 16.6 Å². The van der Waals surface area contributed by atoms with Crippen molar-refractivity contribution in [3.05, 3.63) is 34.9 Å². The van der Waals surface area contributed by atoms with Gasteiger partial charge in [-0.05, 0) is 18.6 Å². The highest BCUT2D eigenvalue weighted by atomic mass is 16.2. The minimum atomic E-state index is -0.725. The number of amides is 2. The highest BCUT2D eigenvalue weighted by Crippen LogP contribution is 2.19. The summed E-state index contributed by atoms with van der Waals surface area (Å²) in [6, 6.07) is 4.28. The summed E-state index contributed by atoms with van der Waals surface area (Å²) in [4.78, 5) is 39.6. The van der Waals surface area contributed by atoms with E-state index in [0.717, 1.165) is 0 Å². The van der Waals surface area contributed by atoms with Crippen LogP contribution in [0.2, 0.25) is 0 Å². The molecular formula is C13H12N4O3. The third-order valence-corrected chi connectivity index (χ3v) is 3.39. The van der Waals surface area contributed by atoms with Gasteiger partial charge in [0.05, 0.1) is 17.2 Å². The zero-order valence-electron chi connectivity index (χ0n) is 10.5. The number of nitrogens with zero attached hydrogens (tertiary/aromatic N) is 2. The predicted octanol–water partition coefficient (Wildman–Crippen LogP) is -0.0436. The van der Waals surface area contributed by atoms with E-state index in [4.69, 9.17) is 5.73 Å². The fraction of sp³-hybridized carbons (Fsp3) is 0.231. The topological polar surface area (TPSA) is 107 Å². The fourth-order valence-corrected chi connectivity index (χ4v) is 2.37. The van der Waals surface area contributed by atoms with Crippen molar-refractivity contribution in [3.8, 4) is 0 Å². The van der Waals surface area contributed by atoms with Crippen LogP contribution in [-0.4, -0.2) is 21.4 Å². The number of fused-ring (bicyclic) bond motifs is 1. The molecule has 1 aromatic carbocycles. The number of carbonyl (C=O) groups excluding carboxylic acids is 2. The fourth-order valence-electron chi connectivity index (χ4n) is 2.37. The van der Waals surface area contributed by atoms with E-state index in [1.165, 1.54) is 10.9 Å². The van der Waals surface area contributed by atoms with E-state index >= 15 is 0 Å². The first-order valence-electron chi connectivity index (χ1n) is 6.17. The first-order chi connectivity index (χ1) is 9.58. The molecule has 1 unspecified atom stereocenters. The molecule has 2 aromatic rings. The number of nitrogen functional groups attached to an aromatic ring is 1. The van der Waals surface area contributed by atoms with Crippen LogP contribution in [0.4, 0.5) is 5.69 Å². The summed E-state index contributed by atoms with van der Waals surface area (Å²) in [5.74, 6) is -0.813. The molecule has 1 fully saturated rings. The van der Waals surface area contributed by atoms with Gasteiger partial charge < -0.3 is 5.73 Å². The average molecular weight is 272 g/mol. The molecule has 2 heterocycles. The number of anilines is 1. The van der Waals surface area contributed by atoms with Crippen LogP contribution in [0, 0.1) is 0 Å². The van der Waals surface area contributed by atoms with Gasteiger partial charge >= 0.3 is 0 Å². The summed E-state index contributed by atoms with van der Waals surface area (Å²) in [6.07, 6.45) is 1.81. The largest absolute Gasteiger partial charge is 0.398 e. The lowest BCUT2D eigenvalue weighted by Crippen LogP contribution is -2.44. The van der Waals surface area contributed by atoms with Crippen molar-refractivity contribution in [1.29, 1.82) is 0 Å². The maximum absolute atomic E-state index is 12.5. The molecule has 3 rings (SSSR count). The van der Waals surface area contributed by atoms with Crippen molar-refractivity contribution in [2.24, 2.45) is 0 Å². The monoisotopic (exact) mass is 272 g/mol. The van der Waals surface area contributed by atoms with Crippen LogP contribution in [0.5, 0.6) is 0 Å². The van der Waals surface area contributed by atoms with Gasteiger partial charge in [-0.1, -0.05) is 6.07 Å². The number of hydrogen-bond donors (Lipinski definition) is 2. The van der Waals surface area contributed by atoms with Gasteiger partial charge in [-0.15, -0.1) is 0 Å². The molecule has 3 N–H and O–H groups in total. The van der Waals surface area contributed by atoms with Crippen molar-refractivity contribution in [2.45, 2.75) is 18.9 Å². The number of nitrogens with two attached hydrogens (primary N) is 1. The molecule has 1 aromatic heterocycles. The van der Waals surface area contributed by atoms with Crippen molar-refractivity contribution in [2.75, 3.05) is 5.73 Å². The second kappa shape index (κ2) is 4.44. The SMILES string of the molecule is Nc1cccc2ncn(C3CCC(=O)NC3=O)c(=O)c12. The molecule has 0 bridgehead atoms. The molecule has 0 aliphatic carbocycles. The highest BCUT2D eigenvalue weighted by Gasteiger charge is 2.29. The predicted molar refractivity (Wildman–Crippen MR) is 71.8 cm³/mol. The van der Waals surface area contributed by atoms with E-state index in [1.807, 2.05) is 0 Å². The molecular weight excluding hydrogens is 260 g/mol. The molecule has 0 spiro atoms. The maximum Gasteiger partial charge on any atom is 0.264 e. The first-order valence-corrected chi connectivity index (χ1v) is 6.17. The number of aromatic nitrogens is 2. The van der Waals surface area contributed by atoms with Crippen molar-refractivity contribution in [3.63, 3.8) is 0 Å². The van der Waals surface area contributed by atoms with Crippen LogP contribution in [0.25, 0.3) is 10.9 Å². The van der Waals surface area contributed by atoms with Gasteiger partial charge in [0.15, 0.2) is 0 Å². The Kier molecular flexibility index (Phi) is 2.74. The van der Waals surface area contributed by atoms with Crippen LogP contribution in [0.1, 0.15) is 18.9 Å². The second-order valence-electron chi connectivity index (χ2n) is 4.67. The number of imide groups is 1. The van der Waals surface area contributed by atoms with Crippen molar-refractivity contribution >= 4 is 28.4 Å². The van der Waals surface area contributed by atoms with Crippen LogP contribution < -0.4 is 16.6 Å². The summed E-state index contributed by atoms with van der Waals surface area (Å²) in [7, 11) is 0. The summed E-state index contributed by atoms with van der Waals surface area (Å²) in [6.45, 7) is 0. The Morgan fingerprint density at radius 1 is 1.30 bits per heavy atom. The lowest BCUT2D eigenvalue weighted by atomic mass is 10.1. The molecule has 0 radical (unpaired) electrons. The van der Waals surface area contributed by atoms with Crippen molar-refractivity contribution in [1.82, 2.24) is 14.9 Å². The molecule has 7 heteroatoms. The Hall–Kier alpha value is -2.70. The highest BCUT2D eigenvalue weighted by molar-refractivity contribution is 5.99. The standard InChI is InChI=1S/C13H12N4O3/c14-7-2-1-3-8-11(7)13(20)17(6-15-8)9-4-5-10(18)16-12(9)19/h1-3,6,9H,4-5,14H2,(H,16,18,19). The number of rotatable bonds is 1. The molecule has 0 saturated carbocycles. The van der Waals surface area contributed by atoms with Gasteiger partial charge in [0.1, 0.15) is 6.04 Å². The third-order valence-electron chi connectivity index (χ3n) is 3.39. The summed E-state index contributed by atoms with van der Waals surface area (Å²) >= 11 is 0. The molecule has 20 heavy (non-hydrogen) atoms. The first kappa shape index (κ1) is 12.3. The van der Waals surface area contributed by atoms with Gasteiger partial charge in [-0.2, -0.15) is 0 Å². The van der Waals surface area contributed by atoms with E-state index in [1.54, 1.807) is 18.2 Å². The zero-order valence-corrected chi connectivity index (χ0v) is 10.5. The Balaban J connectivity index is 2.16. The second-order valence-corrected chi connectivity index (χ2v) is 4.67. The van der Waals surface area contributed by atoms with Gasteiger partial charge in [0.2, 0.25) is 11.8 Å². The molecule has 2 amide bonds. The molecule has 7 nitrogen and oxygen atoms in total. The number of benzene rings is 1. The summed E-state index contributed by atoms with van der Waals surface area (Å²) in [5, 5.41) is 2.51. The van der Waals surface area contributed by atoms with E-state index in [2.05, 4.69) is 10.3 Å². The minimum Gasteiger partial charge on any atom is -0.398 e. The molecule has 1 atom stereocenters. The van der Waals surface area contributed by atoms with Crippen LogP contribution in [-0.2, 0) is 9.59 Å². The number of nitrogens with one attached hydrogen (secondary N) is 1. The quantitative estimate of drug-likeness (QED) is 0.559. The number of carbonyl (C=O) groups is 2. The van der Waals surface area contributed by atoms with Gasteiger partial charge in [0, 0.05) is 12.1 Å². The number of piperidine rings is 1. The smallest absolute Gasteiger partial charge is 0.264 e. The normalized spacial score (nSPS) is 19.1. The van der Waals surface area contributed by atoms with Crippen LogP contribution in [0.3, 0.4) is 0 Å². The Morgan fingerprint density at radius 3 is 2.85 bits per heavy atom. The zero-order chi connectivity index (χ0) is 14.3. The molecule has 1 aliphatic rings. The van der Waals surface area contributed by atoms with Gasteiger partial charge in [-0.3, -0.25) is 24.3 Å². The Labute approximate surface area is 113 Å². The molecule has 1 aliphatic heterocycles. The van der Waals surface area contributed by atoms with E-state index < -0.39 is 11.9 Å². The lowest BCUT2D eigenvalue weighted by molar-refractivity contribution is -0.135. The molecule has 1 saturated heterocycles. The van der Waals surface area contributed by atoms with Gasteiger partial charge in [-0.25, -0.2) is 4.98 Å². The van der Waals surface area contributed by atoms with Crippen LogP contribution >= 0.6 is 0 Å². The van der Waals surface area contributed by atoms with E-state index in [9.17, 15) is 14.4 Å². The third kappa shape index (κ3) is 1.83.